The van der Waals surface area contributed by atoms with Crippen molar-refractivity contribution in [2.24, 2.45) is 5.73 Å². The van der Waals surface area contributed by atoms with Gasteiger partial charge >= 0.3 is 5.97 Å². The van der Waals surface area contributed by atoms with Crippen LogP contribution in [0.5, 0.6) is 0 Å². The zero-order valence-electron chi connectivity index (χ0n) is 18.2. The normalized spacial score (nSPS) is 18.5. The van der Waals surface area contributed by atoms with Crippen LogP contribution in [-0.4, -0.2) is 67.2 Å². The van der Waals surface area contributed by atoms with Gasteiger partial charge in [0, 0.05) is 38.3 Å². The Bertz CT molecular complexity index is 997. The third kappa shape index (κ3) is 5.47. The predicted molar refractivity (Wildman–Crippen MR) is 121 cm³/mol. The van der Waals surface area contributed by atoms with Crippen LogP contribution in [0.25, 0.3) is 0 Å². The summed E-state index contributed by atoms with van der Waals surface area (Å²) in [5.74, 6) is -0.841. The maximum atomic E-state index is 15.0. The molecule has 3 N–H and O–H groups in total. The highest BCUT2D eigenvalue weighted by Gasteiger charge is 2.25. The molecule has 0 radical (unpaired) electrons. The van der Waals surface area contributed by atoms with E-state index in [9.17, 15) is 9.18 Å². The number of carbonyl (C=O) groups is 1. The van der Waals surface area contributed by atoms with Gasteiger partial charge < -0.3 is 25.2 Å². The number of piperazine rings is 1. The van der Waals surface area contributed by atoms with Crippen molar-refractivity contribution >= 4 is 29.1 Å². The fraction of sp³-hybridized carbons (Fsp3) is 0.455. The Morgan fingerprint density at radius 2 is 1.82 bits per heavy atom. The summed E-state index contributed by atoms with van der Waals surface area (Å²) in [6, 6.07) is 5.00. The molecule has 0 bridgehead atoms. The Balaban J connectivity index is 1.34. The minimum Gasteiger partial charge on any atom is -0.460 e. The number of esters is 1. The first-order valence-corrected chi connectivity index (χ1v) is 10.9. The number of aromatic nitrogens is 2. The summed E-state index contributed by atoms with van der Waals surface area (Å²) in [4.78, 5) is 26.3. The van der Waals surface area contributed by atoms with Crippen molar-refractivity contribution in [2.45, 2.75) is 25.6 Å². The second-order valence-electron chi connectivity index (χ2n) is 8.16. The van der Waals surface area contributed by atoms with E-state index in [1.807, 2.05) is 9.80 Å². The zero-order valence-corrected chi connectivity index (χ0v) is 18.2. The fourth-order valence-corrected chi connectivity index (χ4v) is 4.03. The molecule has 1 aromatic carbocycles. The van der Waals surface area contributed by atoms with E-state index in [0.717, 1.165) is 5.69 Å². The minimum absolute atomic E-state index is 0.213. The average molecular weight is 460 g/mol. The first-order chi connectivity index (χ1) is 15.9. The number of nitrogens with zero attached hydrogens (tertiary/aromatic N) is 5. The maximum absolute atomic E-state index is 15.0. The van der Waals surface area contributed by atoms with Crippen molar-refractivity contribution in [3.05, 3.63) is 42.0 Å². The molecule has 0 saturated carbocycles. The van der Waals surface area contributed by atoms with Gasteiger partial charge in [0.2, 0.25) is 5.95 Å². The standard InChI is InChI=1S/C22H27F2N7O2/c23-16-4-5-31(13-16)22-27-11-17(12-28-22)29-6-8-30(9-7-29)18-3-1-2-15(21(18)24)14-33-20(32)10-19(25)26/h1-3,11-12,16H,4-10,13-14H2,(H3,25,26)/t16-/m1/s1. The van der Waals surface area contributed by atoms with Crippen LogP contribution < -0.4 is 20.4 Å². The highest BCUT2D eigenvalue weighted by atomic mass is 19.1. The molecule has 2 fully saturated rings. The molecule has 1 atom stereocenters. The van der Waals surface area contributed by atoms with Crippen LogP contribution >= 0.6 is 0 Å². The quantitative estimate of drug-likeness (QED) is 0.367. The van der Waals surface area contributed by atoms with E-state index in [4.69, 9.17) is 15.9 Å². The second-order valence-corrected chi connectivity index (χ2v) is 8.16. The van der Waals surface area contributed by atoms with Crippen LogP contribution in [0, 0.1) is 11.2 Å². The van der Waals surface area contributed by atoms with Gasteiger partial charge in [0.05, 0.1) is 30.3 Å². The van der Waals surface area contributed by atoms with Crippen LogP contribution in [0.3, 0.4) is 0 Å². The summed E-state index contributed by atoms with van der Waals surface area (Å²) in [6.45, 7) is 3.27. The molecule has 0 amide bonds. The average Bonchev–Trinajstić information content (AvgIpc) is 3.24. The number of rotatable bonds is 7. The first-order valence-electron chi connectivity index (χ1n) is 10.9. The van der Waals surface area contributed by atoms with Crippen LogP contribution in [-0.2, 0) is 16.1 Å². The summed E-state index contributed by atoms with van der Waals surface area (Å²) in [6.07, 6.45) is 2.86. The number of nitrogens with one attached hydrogen (secondary N) is 1. The maximum Gasteiger partial charge on any atom is 0.313 e. The number of hydrogen-bond donors (Lipinski definition) is 2. The fourth-order valence-electron chi connectivity index (χ4n) is 4.03. The Morgan fingerprint density at radius 3 is 2.45 bits per heavy atom. The molecule has 2 aliphatic heterocycles. The van der Waals surface area contributed by atoms with Gasteiger partial charge in [-0.2, -0.15) is 0 Å². The molecular formula is C22H27F2N7O2. The van der Waals surface area contributed by atoms with E-state index in [-0.39, 0.29) is 24.4 Å². The van der Waals surface area contributed by atoms with Gasteiger partial charge in [0.15, 0.2) is 5.82 Å². The van der Waals surface area contributed by atoms with Crippen molar-refractivity contribution in [2.75, 3.05) is 54.0 Å². The van der Waals surface area contributed by atoms with Crippen molar-refractivity contribution in [3.8, 4) is 0 Å². The Morgan fingerprint density at radius 1 is 1.12 bits per heavy atom. The van der Waals surface area contributed by atoms with Crippen LogP contribution in [0.4, 0.5) is 26.1 Å². The molecule has 1 aromatic heterocycles. The molecule has 4 rings (SSSR count). The summed E-state index contributed by atoms with van der Waals surface area (Å²) < 4.78 is 33.5. The molecule has 0 unspecified atom stereocenters. The molecule has 0 aliphatic carbocycles. The number of anilines is 3. The number of carbonyl (C=O) groups excluding carboxylic acids is 1. The number of nitrogens with two attached hydrogens (primary N) is 1. The van der Waals surface area contributed by atoms with Gasteiger partial charge in [-0.1, -0.05) is 12.1 Å². The summed E-state index contributed by atoms with van der Waals surface area (Å²) in [5.41, 5.74) is 6.78. The lowest BCUT2D eigenvalue weighted by Crippen LogP contribution is -2.47. The van der Waals surface area contributed by atoms with Crippen LogP contribution in [0.1, 0.15) is 18.4 Å². The van der Waals surface area contributed by atoms with Gasteiger partial charge in [-0.15, -0.1) is 0 Å². The topological polar surface area (TPSA) is 112 Å². The first kappa shape index (κ1) is 22.7. The van der Waals surface area contributed by atoms with Crippen molar-refractivity contribution < 1.29 is 18.3 Å². The summed E-state index contributed by atoms with van der Waals surface area (Å²) in [7, 11) is 0. The van der Waals surface area contributed by atoms with Gasteiger partial charge in [0.25, 0.3) is 0 Å². The summed E-state index contributed by atoms with van der Waals surface area (Å²) in [5, 5.41) is 7.12. The van der Waals surface area contributed by atoms with E-state index in [1.165, 1.54) is 0 Å². The minimum atomic E-state index is -0.826. The molecule has 9 nitrogen and oxygen atoms in total. The van der Waals surface area contributed by atoms with Crippen molar-refractivity contribution in [1.82, 2.24) is 9.97 Å². The lowest BCUT2D eigenvalue weighted by molar-refractivity contribution is -0.143. The molecular weight excluding hydrogens is 432 g/mol. The third-order valence-corrected chi connectivity index (χ3v) is 5.81. The lowest BCUT2D eigenvalue weighted by atomic mass is 10.1. The van der Waals surface area contributed by atoms with E-state index < -0.39 is 18.0 Å². The van der Waals surface area contributed by atoms with E-state index in [0.29, 0.717) is 57.3 Å². The smallest absolute Gasteiger partial charge is 0.313 e. The molecule has 33 heavy (non-hydrogen) atoms. The van der Waals surface area contributed by atoms with Crippen molar-refractivity contribution in [3.63, 3.8) is 0 Å². The van der Waals surface area contributed by atoms with E-state index in [1.54, 1.807) is 30.6 Å². The zero-order chi connectivity index (χ0) is 23.4. The highest BCUT2D eigenvalue weighted by Crippen LogP contribution is 2.26. The number of hydrogen-bond acceptors (Lipinski definition) is 8. The monoisotopic (exact) mass is 459 g/mol. The second kappa shape index (κ2) is 9.97. The number of halogens is 2. The molecule has 0 spiro atoms. The largest absolute Gasteiger partial charge is 0.460 e. The van der Waals surface area contributed by atoms with Gasteiger partial charge in [-0.3, -0.25) is 10.2 Å². The predicted octanol–water partition coefficient (Wildman–Crippen LogP) is 1.86. The number of ether oxygens (including phenoxy) is 1. The Hall–Kier alpha value is -3.50. The van der Waals surface area contributed by atoms with Crippen LogP contribution in [0.15, 0.2) is 30.6 Å². The summed E-state index contributed by atoms with van der Waals surface area (Å²) >= 11 is 0. The Kier molecular flexibility index (Phi) is 6.85. The number of benzene rings is 1. The van der Waals surface area contributed by atoms with Gasteiger partial charge in [-0.25, -0.2) is 18.7 Å². The third-order valence-electron chi connectivity index (χ3n) is 5.81. The molecule has 2 aliphatic rings. The lowest BCUT2D eigenvalue weighted by Gasteiger charge is -2.37. The molecule has 2 saturated heterocycles. The highest BCUT2D eigenvalue weighted by molar-refractivity contribution is 5.94. The van der Waals surface area contributed by atoms with Crippen molar-refractivity contribution in [1.29, 1.82) is 5.41 Å². The van der Waals surface area contributed by atoms with Crippen LogP contribution in [0.2, 0.25) is 0 Å². The van der Waals surface area contributed by atoms with Gasteiger partial charge in [0.1, 0.15) is 25.0 Å². The molecule has 176 valence electrons. The molecule has 11 heteroatoms. The molecule has 2 aromatic rings. The van der Waals surface area contributed by atoms with Gasteiger partial charge in [-0.05, 0) is 12.5 Å². The number of alkyl halides is 1. The Labute approximate surface area is 190 Å². The number of amidine groups is 1. The van der Waals surface area contributed by atoms with E-state index in [2.05, 4.69) is 14.9 Å². The van der Waals surface area contributed by atoms with E-state index >= 15 is 4.39 Å². The molecule has 3 heterocycles. The SMILES string of the molecule is N=C(N)CC(=O)OCc1cccc(N2CCN(c3cnc(N4CC[C@@H](F)C4)nc3)CC2)c1F.